The summed E-state index contributed by atoms with van der Waals surface area (Å²) in [6.45, 7) is 2.36. The Bertz CT molecular complexity index is 1860. The van der Waals surface area contributed by atoms with E-state index in [1.807, 2.05) is 0 Å². The third kappa shape index (κ3) is 16.6. The number of ether oxygens (including phenoxy) is 7. The van der Waals surface area contributed by atoms with E-state index in [1.165, 1.54) is 40.7 Å². The number of nitro benzene ring substituents is 1. The molecule has 21 heteroatoms. The number of nitro groups is 1. The van der Waals surface area contributed by atoms with E-state index < -0.39 is 17.6 Å². The van der Waals surface area contributed by atoms with Crippen LogP contribution in [0.5, 0.6) is 28.7 Å². The Morgan fingerprint density at radius 1 is 0.787 bits per heavy atom. The van der Waals surface area contributed by atoms with Crippen LogP contribution in [0, 0.1) is 10.1 Å². The SMILES string of the molecule is COc1cc(CN(C(=O)O)c2ncc(Cc3cc(OC)c(OCCCNC(=O)CCC(=O)NCCOCCOCCCCCCCl)c(OC)c3)c(N)n2)c([N+](=O)[O-])cc1OC. The number of hydrogen-bond acceptors (Lipinski definition) is 15. The molecular formula is C40H56ClN7O13. The van der Waals surface area contributed by atoms with Crippen molar-refractivity contribution in [2.45, 2.75) is 57.9 Å². The van der Waals surface area contributed by atoms with Crippen LogP contribution in [0.15, 0.2) is 30.5 Å². The molecule has 0 radical (unpaired) electrons. The molecule has 0 bridgehead atoms. The predicted octanol–water partition coefficient (Wildman–Crippen LogP) is 4.89. The first-order valence-electron chi connectivity index (χ1n) is 19.6. The molecule has 0 saturated heterocycles. The summed E-state index contributed by atoms with van der Waals surface area (Å²) < 4.78 is 38.5. The van der Waals surface area contributed by atoms with Gasteiger partial charge in [0.05, 0.1) is 78.0 Å². The second kappa shape index (κ2) is 27.1. The number of hydrogen-bond donors (Lipinski definition) is 4. The molecule has 1 aromatic heterocycles. The summed E-state index contributed by atoms with van der Waals surface area (Å²) in [7, 11) is 5.61. The van der Waals surface area contributed by atoms with Gasteiger partial charge in [0.15, 0.2) is 23.0 Å². The third-order valence-corrected chi connectivity index (χ3v) is 9.23. The van der Waals surface area contributed by atoms with Crippen LogP contribution in [-0.4, -0.2) is 118 Å². The fraction of sp³-hybridized carbons (Fsp3) is 0.525. The topological polar surface area (TPSA) is 258 Å². The molecule has 3 amide bonds. The Hall–Kier alpha value is -5.86. The number of carboxylic acid groups (broad SMARTS) is 1. The van der Waals surface area contributed by atoms with Crippen molar-refractivity contribution < 1.29 is 57.6 Å². The molecule has 3 aromatic rings. The number of amides is 3. The minimum Gasteiger partial charge on any atom is -0.493 e. The number of benzene rings is 2. The molecule has 0 fully saturated rings. The standard InChI is InChI=1S/C40H56ClN7O13/c1-55-31-23-29(30(48(53)54)24-32(31)56-2)26-47(40(51)52)39-45-25-28(38(42)46-39)20-27-21-33(57-3)37(34(22-27)58-4)61-16-9-13-43-35(49)10-11-36(50)44-14-17-60-19-18-59-15-8-6-5-7-12-41/h21-25H,5-20,26H2,1-4H3,(H,43,49)(H,44,50)(H,51,52)(H2,42,45,46). The van der Waals surface area contributed by atoms with Gasteiger partial charge < -0.3 is 54.6 Å². The lowest BCUT2D eigenvalue weighted by atomic mass is 10.1. The molecule has 0 aliphatic carbocycles. The lowest BCUT2D eigenvalue weighted by Crippen LogP contribution is -2.31. The minimum atomic E-state index is -1.47. The molecule has 5 N–H and O–H groups in total. The molecule has 0 aliphatic rings. The van der Waals surface area contributed by atoms with E-state index >= 15 is 0 Å². The van der Waals surface area contributed by atoms with Crippen molar-refractivity contribution in [1.29, 1.82) is 0 Å². The van der Waals surface area contributed by atoms with Gasteiger partial charge in [0.25, 0.3) is 5.69 Å². The van der Waals surface area contributed by atoms with Gasteiger partial charge in [0.1, 0.15) is 5.82 Å². The fourth-order valence-corrected chi connectivity index (χ4v) is 5.98. The maximum absolute atomic E-state index is 12.3. The zero-order valence-corrected chi connectivity index (χ0v) is 35.8. The summed E-state index contributed by atoms with van der Waals surface area (Å²) in [4.78, 5) is 57.0. The van der Waals surface area contributed by atoms with Crippen LogP contribution < -0.4 is 45.0 Å². The van der Waals surface area contributed by atoms with Crippen molar-refractivity contribution in [2.24, 2.45) is 0 Å². The lowest BCUT2D eigenvalue weighted by Gasteiger charge is -2.19. The number of alkyl halides is 1. The third-order valence-electron chi connectivity index (χ3n) is 8.96. The second-order valence-corrected chi connectivity index (χ2v) is 13.7. The van der Waals surface area contributed by atoms with Crippen molar-refractivity contribution in [3.63, 3.8) is 0 Å². The molecule has 0 spiro atoms. The molecule has 61 heavy (non-hydrogen) atoms. The first-order valence-corrected chi connectivity index (χ1v) is 20.1. The molecule has 336 valence electrons. The highest BCUT2D eigenvalue weighted by Crippen LogP contribution is 2.40. The Kier molecular flexibility index (Phi) is 22.0. The molecule has 3 rings (SSSR count). The van der Waals surface area contributed by atoms with Gasteiger partial charge in [-0.25, -0.2) is 14.7 Å². The van der Waals surface area contributed by atoms with Crippen LogP contribution in [-0.2, 0) is 32.0 Å². The smallest absolute Gasteiger partial charge is 0.414 e. The number of methoxy groups -OCH3 is 4. The maximum atomic E-state index is 12.3. The Balaban J connectivity index is 1.47. The Morgan fingerprint density at radius 2 is 1.39 bits per heavy atom. The van der Waals surface area contributed by atoms with E-state index in [4.69, 9.17) is 50.5 Å². The van der Waals surface area contributed by atoms with Crippen LogP contribution in [0.2, 0.25) is 0 Å². The molecule has 0 aliphatic heterocycles. The molecular weight excluding hydrogens is 822 g/mol. The van der Waals surface area contributed by atoms with E-state index in [9.17, 15) is 29.6 Å². The van der Waals surface area contributed by atoms with Gasteiger partial charge in [0.2, 0.25) is 23.5 Å². The highest BCUT2D eigenvalue weighted by molar-refractivity contribution is 6.17. The largest absolute Gasteiger partial charge is 0.493 e. The van der Waals surface area contributed by atoms with E-state index in [2.05, 4.69) is 20.6 Å². The number of anilines is 2. The molecule has 0 saturated carbocycles. The molecule has 20 nitrogen and oxygen atoms in total. The average Bonchev–Trinajstić information content (AvgIpc) is 3.25. The number of unbranched alkanes of at least 4 members (excludes halogenated alkanes) is 3. The number of aromatic nitrogens is 2. The zero-order valence-electron chi connectivity index (χ0n) is 35.0. The lowest BCUT2D eigenvalue weighted by molar-refractivity contribution is -0.385. The number of nitrogen functional groups attached to an aromatic ring is 1. The highest BCUT2D eigenvalue weighted by atomic mass is 35.5. The van der Waals surface area contributed by atoms with Gasteiger partial charge in [-0.3, -0.25) is 19.7 Å². The zero-order chi connectivity index (χ0) is 44.6. The Morgan fingerprint density at radius 3 is 1.98 bits per heavy atom. The molecule has 1 heterocycles. The van der Waals surface area contributed by atoms with Crippen LogP contribution in [0.25, 0.3) is 0 Å². The van der Waals surface area contributed by atoms with Crippen molar-refractivity contribution >= 4 is 47.0 Å². The average molecular weight is 878 g/mol. The summed E-state index contributed by atoms with van der Waals surface area (Å²) >= 11 is 5.66. The van der Waals surface area contributed by atoms with Gasteiger partial charge >= 0.3 is 6.09 Å². The fourth-order valence-electron chi connectivity index (χ4n) is 5.79. The summed E-state index contributed by atoms with van der Waals surface area (Å²) in [5.74, 6) is 1.18. The van der Waals surface area contributed by atoms with E-state index in [0.29, 0.717) is 80.2 Å². The van der Waals surface area contributed by atoms with Crippen LogP contribution in [0.1, 0.15) is 61.6 Å². The van der Waals surface area contributed by atoms with E-state index in [1.54, 1.807) is 12.1 Å². The normalized spacial score (nSPS) is 10.8. The summed E-state index contributed by atoms with van der Waals surface area (Å²) in [5.41, 5.74) is 7.02. The number of rotatable bonds is 30. The number of carbonyl (C=O) groups excluding carboxylic acids is 2. The first kappa shape index (κ1) is 49.5. The number of nitrogens with zero attached hydrogens (tertiary/aromatic N) is 4. The monoisotopic (exact) mass is 877 g/mol. The van der Waals surface area contributed by atoms with Gasteiger partial charge in [0, 0.05) is 56.6 Å². The van der Waals surface area contributed by atoms with Gasteiger partial charge in [-0.15, -0.1) is 11.6 Å². The Labute approximate surface area is 359 Å². The predicted molar refractivity (Wildman–Crippen MR) is 225 cm³/mol. The maximum Gasteiger partial charge on any atom is 0.414 e. The van der Waals surface area contributed by atoms with Crippen molar-refractivity contribution in [1.82, 2.24) is 20.6 Å². The molecule has 0 atom stereocenters. The first-order chi connectivity index (χ1) is 29.4. The van der Waals surface area contributed by atoms with Crippen LogP contribution in [0.3, 0.4) is 0 Å². The van der Waals surface area contributed by atoms with Crippen molar-refractivity contribution in [3.05, 3.63) is 57.3 Å². The second-order valence-electron chi connectivity index (χ2n) is 13.3. The number of nitrogens with two attached hydrogens (primary N) is 1. The summed E-state index contributed by atoms with van der Waals surface area (Å²) in [6, 6.07) is 5.89. The minimum absolute atomic E-state index is 0.00973. The summed E-state index contributed by atoms with van der Waals surface area (Å²) in [5, 5.41) is 27.3. The molecule has 0 unspecified atom stereocenters. The van der Waals surface area contributed by atoms with Gasteiger partial charge in [-0.05, 0) is 43.0 Å². The van der Waals surface area contributed by atoms with Crippen LogP contribution >= 0.6 is 11.6 Å². The summed E-state index contributed by atoms with van der Waals surface area (Å²) in [6.07, 6.45) is 4.84. The highest BCUT2D eigenvalue weighted by Gasteiger charge is 2.26. The van der Waals surface area contributed by atoms with Crippen LogP contribution in [0.4, 0.5) is 22.2 Å². The van der Waals surface area contributed by atoms with Crippen molar-refractivity contribution in [3.8, 4) is 28.7 Å². The van der Waals surface area contributed by atoms with Gasteiger partial charge in [-0.1, -0.05) is 12.8 Å². The van der Waals surface area contributed by atoms with E-state index in [0.717, 1.165) is 36.6 Å². The number of nitrogens with one attached hydrogen (secondary N) is 2. The van der Waals surface area contributed by atoms with E-state index in [-0.39, 0.29) is 72.2 Å². The van der Waals surface area contributed by atoms with Crippen molar-refractivity contribution in [2.75, 3.05) is 91.1 Å². The quantitative estimate of drug-likeness (QED) is 0.0301. The number of carbonyl (C=O) groups is 3. The number of halogens is 1. The van der Waals surface area contributed by atoms with Gasteiger partial charge in [-0.2, -0.15) is 4.98 Å². The molecule has 2 aromatic carbocycles.